The van der Waals surface area contributed by atoms with Gasteiger partial charge in [0.1, 0.15) is 33.8 Å². The predicted molar refractivity (Wildman–Crippen MR) is 144 cm³/mol. The second-order valence-electron chi connectivity index (χ2n) is 10.2. The molecule has 7 rings (SSSR count). The molecular formula is C28H27F2N5O2S. The molecule has 0 saturated carbocycles. The number of nitrogens with zero attached hydrogens (tertiary/aromatic N) is 4. The topological polar surface area (TPSA) is 74.5 Å². The number of halogens is 2. The number of amides is 1. The second kappa shape index (κ2) is 9.59. The highest BCUT2D eigenvalue weighted by atomic mass is 32.1. The average Bonchev–Trinajstić information content (AvgIpc) is 3.58. The molecule has 0 radical (unpaired) electrons. The van der Waals surface area contributed by atoms with Crippen molar-refractivity contribution in [2.75, 3.05) is 30.4 Å². The molecule has 2 unspecified atom stereocenters. The summed E-state index contributed by atoms with van der Waals surface area (Å²) in [5.41, 5.74) is 2.95. The minimum absolute atomic E-state index is 0.00619. The van der Waals surface area contributed by atoms with Gasteiger partial charge in [-0.15, -0.1) is 11.3 Å². The summed E-state index contributed by atoms with van der Waals surface area (Å²) in [6.07, 6.45) is 1.19. The van der Waals surface area contributed by atoms with Gasteiger partial charge in [0.15, 0.2) is 0 Å². The molecule has 3 aliphatic rings. The highest BCUT2D eigenvalue weighted by Crippen LogP contribution is 2.39. The first-order valence-electron chi connectivity index (χ1n) is 12.6. The van der Waals surface area contributed by atoms with Crippen molar-refractivity contribution < 1.29 is 18.1 Å². The van der Waals surface area contributed by atoms with Crippen LogP contribution in [0.4, 0.5) is 20.2 Å². The number of aromatic nitrogens is 2. The number of carbonyl (C=O) groups is 1. The fourth-order valence-corrected chi connectivity index (χ4v) is 6.05. The van der Waals surface area contributed by atoms with Gasteiger partial charge < -0.3 is 14.7 Å². The Labute approximate surface area is 223 Å². The Kier molecular flexibility index (Phi) is 6.23. The maximum absolute atomic E-state index is 15.0. The number of rotatable bonds is 6. The summed E-state index contributed by atoms with van der Waals surface area (Å²) in [7, 11) is 2.13. The van der Waals surface area contributed by atoms with Gasteiger partial charge in [-0.05, 0) is 55.9 Å². The molecule has 0 spiro atoms. The van der Waals surface area contributed by atoms with E-state index >= 15 is 0 Å². The minimum atomic E-state index is -0.508. The highest BCUT2D eigenvalue weighted by Gasteiger charge is 2.42. The third-order valence-corrected chi connectivity index (χ3v) is 8.30. The Bertz CT molecular complexity index is 1490. The van der Waals surface area contributed by atoms with E-state index in [1.54, 1.807) is 23.6 Å². The van der Waals surface area contributed by atoms with Crippen molar-refractivity contribution in [3.05, 3.63) is 70.9 Å². The molecule has 3 aliphatic heterocycles. The van der Waals surface area contributed by atoms with Crippen LogP contribution in [0.3, 0.4) is 0 Å². The van der Waals surface area contributed by atoms with Crippen LogP contribution in [0.2, 0.25) is 0 Å². The number of likely N-dealkylation sites (N-methyl/N-ethyl adjacent to an activating group) is 1. The lowest BCUT2D eigenvalue weighted by Gasteiger charge is -2.55. The summed E-state index contributed by atoms with van der Waals surface area (Å²) in [4.78, 5) is 22.1. The fourth-order valence-electron chi connectivity index (χ4n) is 5.20. The van der Waals surface area contributed by atoms with Crippen LogP contribution in [0.25, 0.3) is 21.8 Å². The molecule has 10 heteroatoms. The van der Waals surface area contributed by atoms with E-state index in [2.05, 4.69) is 32.3 Å². The van der Waals surface area contributed by atoms with Gasteiger partial charge in [-0.2, -0.15) is 0 Å². The Balaban J connectivity index is 1.22. The molecular weight excluding hydrogens is 508 g/mol. The van der Waals surface area contributed by atoms with E-state index in [1.165, 1.54) is 36.0 Å². The molecule has 7 nitrogen and oxygen atoms in total. The summed E-state index contributed by atoms with van der Waals surface area (Å²) in [6, 6.07) is 11.9. The van der Waals surface area contributed by atoms with Crippen LogP contribution in [-0.4, -0.2) is 53.2 Å². The molecule has 2 atom stereocenters. The van der Waals surface area contributed by atoms with Crippen LogP contribution in [0, 0.1) is 11.6 Å². The van der Waals surface area contributed by atoms with E-state index in [0.29, 0.717) is 39.7 Å². The lowest BCUT2D eigenvalue weighted by atomic mass is 9.88. The SMILES string of the molecule is CC(C)c1onc(-c2ccc(F)cc2)c1-c1nc(C(=O)Nc2ccc(N3CC4CC(C3)N4C)cc2F)cs1. The van der Waals surface area contributed by atoms with Gasteiger partial charge in [0.25, 0.3) is 5.91 Å². The molecule has 1 N–H and O–H groups in total. The first-order valence-corrected chi connectivity index (χ1v) is 13.5. The number of piperazine rings is 1. The molecule has 3 fully saturated rings. The van der Waals surface area contributed by atoms with E-state index in [0.717, 1.165) is 18.8 Å². The average molecular weight is 536 g/mol. The summed E-state index contributed by atoms with van der Waals surface area (Å²) in [5.74, 6) is -0.721. The first kappa shape index (κ1) is 24.7. The van der Waals surface area contributed by atoms with Crippen molar-refractivity contribution >= 4 is 28.6 Å². The monoisotopic (exact) mass is 535 g/mol. The molecule has 4 aromatic rings. The lowest BCUT2D eigenvalue weighted by Crippen LogP contribution is -2.67. The summed E-state index contributed by atoms with van der Waals surface area (Å²) in [6.45, 7) is 5.69. The number of fused-ring (bicyclic) bond motifs is 2. The van der Waals surface area contributed by atoms with Crippen molar-refractivity contribution in [3.8, 4) is 21.8 Å². The van der Waals surface area contributed by atoms with E-state index in [9.17, 15) is 13.6 Å². The van der Waals surface area contributed by atoms with Gasteiger partial charge in [0.2, 0.25) is 0 Å². The quantitative estimate of drug-likeness (QED) is 0.326. The smallest absolute Gasteiger partial charge is 0.275 e. The number of thiazole rings is 1. The molecule has 196 valence electrons. The number of carbonyl (C=O) groups excluding carboxylic acids is 1. The predicted octanol–water partition coefficient (Wildman–Crippen LogP) is 6.01. The Morgan fingerprint density at radius 1 is 1.13 bits per heavy atom. The van der Waals surface area contributed by atoms with Crippen LogP contribution in [0.1, 0.15) is 42.4 Å². The first-order chi connectivity index (χ1) is 18.3. The van der Waals surface area contributed by atoms with Crippen molar-refractivity contribution in [1.82, 2.24) is 15.0 Å². The molecule has 3 saturated heterocycles. The van der Waals surface area contributed by atoms with Gasteiger partial charge in [-0.1, -0.05) is 19.0 Å². The van der Waals surface area contributed by atoms with E-state index in [-0.39, 0.29) is 23.1 Å². The highest BCUT2D eigenvalue weighted by molar-refractivity contribution is 7.13. The third-order valence-electron chi connectivity index (χ3n) is 7.44. The fraction of sp³-hybridized carbons (Fsp3) is 0.321. The number of benzene rings is 2. The zero-order valence-corrected chi connectivity index (χ0v) is 22.1. The van der Waals surface area contributed by atoms with Crippen LogP contribution in [-0.2, 0) is 0 Å². The summed E-state index contributed by atoms with van der Waals surface area (Å²) < 4.78 is 34.1. The second-order valence-corrected chi connectivity index (χ2v) is 11.1. The molecule has 2 bridgehead atoms. The molecule has 2 aromatic carbocycles. The number of nitrogens with one attached hydrogen (secondary N) is 1. The van der Waals surface area contributed by atoms with Crippen LogP contribution in [0.5, 0.6) is 0 Å². The van der Waals surface area contributed by atoms with Gasteiger partial charge in [-0.25, -0.2) is 13.8 Å². The van der Waals surface area contributed by atoms with Gasteiger partial charge in [0.05, 0.1) is 11.3 Å². The van der Waals surface area contributed by atoms with E-state index in [4.69, 9.17) is 4.52 Å². The molecule has 2 aromatic heterocycles. The lowest BCUT2D eigenvalue weighted by molar-refractivity contribution is 0.0264. The summed E-state index contributed by atoms with van der Waals surface area (Å²) >= 11 is 1.27. The summed E-state index contributed by atoms with van der Waals surface area (Å²) in [5, 5.41) is 9.04. The van der Waals surface area contributed by atoms with E-state index < -0.39 is 11.7 Å². The van der Waals surface area contributed by atoms with Crippen molar-refractivity contribution in [3.63, 3.8) is 0 Å². The zero-order chi connectivity index (χ0) is 26.6. The molecule has 5 heterocycles. The van der Waals surface area contributed by atoms with Gasteiger partial charge >= 0.3 is 0 Å². The maximum Gasteiger partial charge on any atom is 0.275 e. The van der Waals surface area contributed by atoms with Crippen LogP contribution >= 0.6 is 11.3 Å². The Morgan fingerprint density at radius 2 is 1.87 bits per heavy atom. The largest absolute Gasteiger partial charge is 0.368 e. The van der Waals surface area contributed by atoms with Gasteiger partial charge in [0, 0.05) is 47.7 Å². The van der Waals surface area contributed by atoms with Crippen molar-refractivity contribution in [2.45, 2.75) is 38.3 Å². The number of piperidine rings is 1. The number of hydrogen-bond acceptors (Lipinski definition) is 7. The Hall–Kier alpha value is -3.63. The Morgan fingerprint density at radius 3 is 2.53 bits per heavy atom. The minimum Gasteiger partial charge on any atom is -0.368 e. The van der Waals surface area contributed by atoms with Crippen molar-refractivity contribution in [1.29, 1.82) is 0 Å². The molecule has 38 heavy (non-hydrogen) atoms. The maximum atomic E-state index is 15.0. The third kappa shape index (κ3) is 4.37. The number of hydrogen-bond donors (Lipinski definition) is 1. The normalized spacial score (nSPS) is 19.1. The van der Waals surface area contributed by atoms with Crippen molar-refractivity contribution in [2.24, 2.45) is 0 Å². The zero-order valence-electron chi connectivity index (χ0n) is 21.2. The van der Waals surface area contributed by atoms with Gasteiger partial charge in [-0.3, -0.25) is 9.69 Å². The van der Waals surface area contributed by atoms with Crippen LogP contribution < -0.4 is 10.2 Å². The molecule has 0 aliphatic carbocycles. The van der Waals surface area contributed by atoms with Crippen LogP contribution in [0.15, 0.2) is 52.4 Å². The standard InChI is InChI=1S/C28H27F2N5O2S/c1-15(2)26-24(25(33-37-26)16-4-6-17(29)7-5-16)28-32-23(14-38-28)27(36)31-22-9-8-18(11-21(22)30)35-12-19-10-20(13-35)34(19)3/h4-9,11,14-15,19-20H,10,12-13H2,1-3H3,(H,31,36). The number of anilines is 2. The molecule has 1 amide bonds. The van der Waals surface area contributed by atoms with E-state index in [1.807, 2.05) is 19.9 Å².